The van der Waals surface area contributed by atoms with Gasteiger partial charge in [0.1, 0.15) is 5.01 Å². The molecule has 1 unspecified atom stereocenters. The molecule has 7 heteroatoms. The summed E-state index contributed by atoms with van der Waals surface area (Å²) in [6.07, 6.45) is 1.88. The predicted molar refractivity (Wildman–Crippen MR) is 121 cm³/mol. The van der Waals surface area contributed by atoms with Crippen molar-refractivity contribution in [1.29, 1.82) is 0 Å². The summed E-state index contributed by atoms with van der Waals surface area (Å²) in [5, 5.41) is 5.74. The number of aromatic nitrogens is 1. The smallest absolute Gasteiger partial charge is 0.265 e. The van der Waals surface area contributed by atoms with E-state index in [0.29, 0.717) is 22.7 Å². The summed E-state index contributed by atoms with van der Waals surface area (Å²) in [5.74, 6) is -0.188. The fourth-order valence-corrected chi connectivity index (χ4v) is 5.53. The molecular weight excluding hydrogens is 414 g/mol. The van der Waals surface area contributed by atoms with Crippen LogP contribution in [0.5, 0.6) is 0 Å². The van der Waals surface area contributed by atoms with E-state index in [9.17, 15) is 9.59 Å². The summed E-state index contributed by atoms with van der Waals surface area (Å²) < 4.78 is 1.14. The van der Waals surface area contributed by atoms with Crippen LogP contribution in [-0.4, -0.2) is 28.2 Å². The van der Waals surface area contributed by atoms with Gasteiger partial charge in [-0.05, 0) is 54.6 Å². The number of hydrogen-bond acceptors (Lipinski definition) is 5. The van der Waals surface area contributed by atoms with Crippen LogP contribution >= 0.6 is 22.7 Å². The molecule has 0 spiro atoms. The van der Waals surface area contributed by atoms with Gasteiger partial charge in [0.15, 0.2) is 0 Å². The molecule has 0 aliphatic carbocycles. The van der Waals surface area contributed by atoms with Crippen molar-refractivity contribution in [3.63, 3.8) is 0 Å². The molecule has 0 bridgehead atoms. The topological polar surface area (TPSA) is 62.3 Å². The highest BCUT2D eigenvalue weighted by Crippen LogP contribution is 2.37. The Hall–Kier alpha value is -3.03. The van der Waals surface area contributed by atoms with Gasteiger partial charge in [-0.15, -0.1) is 22.7 Å². The molecule has 2 aromatic heterocycles. The van der Waals surface area contributed by atoms with E-state index in [-0.39, 0.29) is 17.9 Å². The largest absolute Gasteiger partial charge is 0.329 e. The van der Waals surface area contributed by atoms with E-state index in [1.165, 1.54) is 11.3 Å². The molecular formula is C23H19N3O2S2. The standard InChI is InChI=1S/C23H19N3O2S2/c27-21(20-11-5-13-29-20)24-16-7-3-6-15(14-16)23(28)26-12-4-9-18(26)22-25-17-8-1-2-10-19(17)30-22/h1-3,5-8,10-11,13-14,18H,4,9,12H2,(H,24,27). The second kappa shape index (κ2) is 8.01. The molecule has 4 aromatic rings. The number of anilines is 1. The van der Waals surface area contributed by atoms with Gasteiger partial charge in [0.05, 0.1) is 21.1 Å². The first-order valence-electron chi connectivity index (χ1n) is 9.80. The molecule has 1 aliphatic rings. The first kappa shape index (κ1) is 19.0. The zero-order valence-electron chi connectivity index (χ0n) is 16.1. The van der Waals surface area contributed by atoms with Gasteiger partial charge in [0.25, 0.3) is 11.8 Å². The quantitative estimate of drug-likeness (QED) is 0.456. The zero-order chi connectivity index (χ0) is 20.5. The van der Waals surface area contributed by atoms with Gasteiger partial charge in [-0.3, -0.25) is 9.59 Å². The van der Waals surface area contributed by atoms with Gasteiger partial charge in [-0.25, -0.2) is 4.98 Å². The van der Waals surface area contributed by atoms with Crippen molar-refractivity contribution in [1.82, 2.24) is 9.88 Å². The van der Waals surface area contributed by atoms with Gasteiger partial charge < -0.3 is 10.2 Å². The highest BCUT2D eigenvalue weighted by Gasteiger charge is 2.32. The first-order chi connectivity index (χ1) is 14.7. The van der Waals surface area contributed by atoms with Crippen molar-refractivity contribution in [2.75, 3.05) is 11.9 Å². The summed E-state index contributed by atoms with van der Waals surface area (Å²) in [4.78, 5) is 33.0. The average molecular weight is 434 g/mol. The third kappa shape index (κ3) is 3.62. The SMILES string of the molecule is O=C(Nc1cccc(C(=O)N2CCCC2c2nc3ccccc3s2)c1)c1cccs1. The molecule has 0 saturated carbocycles. The lowest BCUT2D eigenvalue weighted by molar-refractivity contribution is 0.0735. The highest BCUT2D eigenvalue weighted by molar-refractivity contribution is 7.18. The number of hydrogen-bond donors (Lipinski definition) is 1. The molecule has 1 N–H and O–H groups in total. The number of likely N-dealkylation sites (tertiary alicyclic amines) is 1. The van der Waals surface area contributed by atoms with E-state index in [1.807, 2.05) is 34.5 Å². The molecule has 1 saturated heterocycles. The lowest BCUT2D eigenvalue weighted by Crippen LogP contribution is -2.30. The maximum atomic E-state index is 13.3. The Labute approximate surface area is 182 Å². The first-order valence-corrected chi connectivity index (χ1v) is 11.5. The van der Waals surface area contributed by atoms with Crippen LogP contribution in [0.25, 0.3) is 10.2 Å². The highest BCUT2D eigenvalue weighted by atomic mass is 32.1. The van der Waals surface area contributed by atoms with E-state index in [2.05, 4.69) is 11.4 Å². The molecule has 30 heavy (non-hydrogen) atoms. The van der Waals surface area contributed by atoms with E-state index in [0.717, 1.165) is 28.1 Å². The molecule has 3 heterocycles. The number of carbonyl (C=O) groups is 2. The normalized spacial score (nSPS) is 16.1. The maximum absolute atomic E-state index is 13.3. The number of para-hydroxylation sites is 1. The summed E-state index contributed by atoms with van der Waals surface area (Å²) >= 11 is 3.05. The Morgan fingerprint density at radius 1 is 1.07 bits per heavy atom. The molecule has 1 fully saturated rings. The molecule has 0 radical (unpaired) electrons. The van der Waals surface area contributed by atoms with Crippen molar-refractivity contribution >= 4 is 50.4 Å². The van der Waals surface area contributed by atoms with Crippen molar-refractivity contribution < 1.29 is 9.59 Å². The zero-order valence-corrected chi connectivity index (χ0v) is 17.7. The van der Waals surface area contributed by atoms with Gasteiger partial charge >= 0.3 is 0 Å². The number of nitrogens with zero attached hydrogens (tertiary/aromatic N) is 2. The van der Waals surface area contributed by atoms with Crippen LogP contribution in [0.3, 0.4) is 0 Å². The second-order valence-corrected chi connectivity index (χ2v) is 9.20. The van der Waals surface area contributed by atoms with Gasteiger partial charge in [-0.2, -0.15) is 0 Å². The Balaban J connectivity index is 1.37. The number of thiophene rings is 1. The summed E-state index contributed by atoms with van der Waals surface area (Å²) in [6.45, 7) is 0.713. The number of rotatable bonds is 4. The minimum atomic E-state index is -0.164. The van der Waals surface area contributed by atoms with Crippen molar-refractivity contribution in [3.05, 3.63) is 81.5 Å². The van der Waals surface area contributed by atoms with E-state index in [1.54, 1.807) is 41.7 Å². The van der Waals surface area contributed by atoms with Crippen LogP contribution in [0.15, 0.2) is 66.0 Å². The van der Waals surface area contributed by atoms with Crippen LogP contribution in [0.1, 0.15) is 43.9 Å². The summed E-state index contributed by atoms with van der Waals surface area (Å²) in [5.41, 5.74) is 2.18. The van der Waals surface area contributed by atoms with Gasteiger partial charge in [0, 0.05) is 17.8 Å². The monoisotopic (exact) mass is 433 g/mol. The molecule has 150 valence electrons. The molecule has 1 aliphatic heterocycles. The lowest BCUT2D eigenvalue weighted by Gasteiger charge is -2.23. The number of amides is 2. The van der Waals surface area contributed by atoms with E-state index in [4.69, 9.17) is 4.98 Å². The Bertz CT molecular complexity index is 1180. The third-order valence-electron chi connectivity index (χ3n) is 5.22. The van der Waals surface area contributed by atoms with Crippen LogP contribution in [0.4, 0.5) is 5.69 Å². The van der Waals surface area contributed by atoms with Crippen LogP contribution in [0, 0.1) is 0 Å². The van der Waals surface area contributed by atoms with Crippen LogP contribution in [-0.2, 0) is 0 Å². The number of fused-ring (bicyclic) bond motifs is 1. The maximum Gasteiger partial charge on any atom is 0.265 e. The predicted octanol–water partition coefficient (Wildman–Crippen LogP) is 5.59. The summed E-state index contributed by atoms with van der Waals surface area (Å²) in [7, 11) is 0. The number of thiazole rings is 1. The minimum absolute atomic E-state index is 0.000680. The van der Waals surface area contributed by atoms with Crippen molar-refractivity contribution in [2.24, 2.45) is 0 Å². The third-order valence-corrected chi connectivity index (χ3v) is 7.23. The fraction of sp³-hybridized carbons (Fsp3) is 0.174. The summed E-state index contributed by atoms with van der Waals surface area (Å²) in [6, 6.07) is 18.9. The Morgan fingerprint density at radius 2 is 1.97 bits per heavy atom. The van der Waals surface area contributed by atoms with Crippen molar-refractivity contribution in [3.8, 4) is 0 Å². The molecule has 1 atom stereocenters. The number of carbonyl (C=O) groups excluding carboxylic acids is 2. The van der Waals surface area contributed by atoms with Crippen molar-refractivity contribution in [2.45, 2.75) is 18.9 Å². The van der Waals surface area contributed by atoms with Gasteiger partial charge in [-0.1, -0.05) is 24.3 Å². The van der Waals surface area contributed by atoms with Gasteiger partial charge in [0.2, 0.25) is 0 Å². The van der Waals surface area contributed by atoms with Crippen LogP contribution in [0.2, 0.25) is 0 Å². The molecule has 2 aromatic carbocycles. The molecule has 5 rings (SSSR count). The second-order valence-electron chi connectivity index (χ2n) is 7.19. The number of nitrogens with one attached hydrogen (secondary N) is 1. The van der Waals surface area contributed by atoms with Crippen LogP contribution < -0.4 is 5.32 Å². The molecule has 2 amide bonds. The minimum Gasteiger partial charge on any atom is -0.329 e. The fourth-order valence-electron chi connectivity index (χ4n) is 3.80. The Kier molecular flexibility index (Phi) is 5.06. The van der Waals surface area contributed by atoms with E-state index >= 15 is 0 Å². The number of benzene rings is 2. The van der Waals surface area contributed by atoms with E-state index < -0.39 is 0 Å². The Morgan fingerprint density at radius 3 is 2.80 bits per heavy atom. The lowest BCUT2D eigenvalue weighted by atomic mass is 10.1. The molecule has 5 nitrogen and oxygen atoms in total. The average Bonchev–Trinajstić information content (AvgIpc) is 3.53.